The minimum atomic E-state index is -3.70. The lowest BCUT2D eigenvalue weighted by molar-refractivity contribution is -0.143. The Morgan fingerprint density at radius 1 is 0.955 bits per heavy atom. The number of benzene rings is 2. The number of aliphatic hydroxyl groups is 1. The Bertz CT molecular complexity index is 1360. The number of aliphatic hydroxyl groups excluding tert-OH is 1. The predicted molar refractivity (Wildman–Crippen MR) is 171 cm³/mol. The van der Waals surface area contributed by atoms with Crippen LogP contribution in [0.1, 0.15) is 75.2 Å². The highest BCUT2D eigenvalue weighted by Gasteiger charge is 2.29. The smallest absolute Gasteiger partial charge is 0.306 e. The van der Waals surface area contributed by atoms with Crippen LogP contribution in [-0.4, -0.2) is 62.2 Å². The third-order valence-corrected chi connectivity index (χ3v) is 10.1. The third-order valence-electron chi connectivity index (χ3n) is 8.39. The molecule has 2 aromatic carbocycles. The summed E-state index contributed by atoms with van der Waals surface area (Å²) in [5, 5.41) is 26.2. The van der Waals surface area contributed by atoms with Crippen molar-refractivity contribution in [3.8, 4) is 0 Å². The summed E-state index contributed by atoms with van der Waals surface area (Å²) in [4.78, 5) is 37.3. The summed E-state index contributed by atoms with van der Waals surface area (Å²) in [6.45, 7) is 6.18. The number of hydrogen-bond donors (Lipinski definition) is 4. The molecule has 0 aromatic heterocycles. The average molecular weight is 630 g/mol. The minimum Gasteiger partial charge on any atom is -0.481 e. The number of carbonyl (C=O) groups is 3. The Morgan fingerprint density at radius 2 is 1.61 bits per heavy atom. The number of sulfonamides is 1. The fourth-order valence-electron chi connectivity index (χ4n) is 5.62. The number of hydrogen-bond acceptors (Lipinski definition) is 6. The molecule has 44 heavy (non-hydrogen) atoms. The van der Waals surface area contributed by atoms with E-state index in [1.54, 1.807) is 49.4 Å². The highest BCUT2D eigenvalue weighted by atomic mass is 32.2. The van der Waals surface area contributed by atoms with Gasteiger partial charge in [0.2, 0.25) is 15.9 Å². The van der Waals surface area contributed by atoms with Crippen molar-refractivity contribution in [3.05, 3.63) is 65.7 Å². The maximum atomic E-state index is 13.3. The molecule has 0 spiro atoms. The molecule has 1 fully saturated rings. The van der Waals surface area contributed by atoms with Gasteiger partial charge in [0.05, 0.1) is 29.5 Å². The molecule has 1 aliphatic rings. The van der Waals surface area contributed by atoms with Crippen molar-refractivity contribution in [1.82, 2.24) is 10.6 Å². The van der Waals surface area contributed by atoms with Crippen LogP contribution < -0.4 is 14.9 Å². The van der Waals surface area contributed by atoms with Crippen molar-refractivity contribution >= 4 is 33.5 Å². The summed E-state index contributed by atoms with van der Waals surface area (Å²) in [5.41, 5.74) is 1.26. The van der Waals surface area contributed by atoms with Crippen LogP contribution in [0.5, 0.6) is 0 Å². The van der Waals surface area contributed by atoms with Crippen molar-refractivity contribution in [3.63, 3.8) is 0 Å². The zero-order valence-electron chi connectivity index (χ0n) is 26.1. The number of rotatable bonds is 15. The van der Waals surface area contributed by atoms with Gasteiger partial charge in [0.1, 0.15) is 0 Å². The number of carbonyl (C=O) groups excluding carboxylic acids is 2. The van der Waals surface area contributed by atoms with E-state index in [0.29, 0.717) is 37.1 Å². The molecular weight excluding hydrogens is 582 g/mol. The van der Waals surface area contributed by atoms with Crippen molar-refractivity contribution < 1.29 is 33.0 Å². The molecule has 0 radical (unpaired) electrons. The molecule has 4 N–H and O–H groups in total. The van der Waals surface area contributed by atoms with E-state index in [1.165, 1.54) is 13.1 Å². The molecule has 11 heteroatoms. The van der Waals surface area contributed by atoms with E-state index in [-0.39, 0.29) is 41.4 Å². The highest BCUT2D eigenvalue weighted by Crippen LogP contribution is 2.28. The molecule has 10 nitrogen and oxygen atoms in total. The number of amides is 2. The largest absolute Gasteiger partial charge is 0.481 e. The molecule has 0 aliphatic heterocycles. The minimum absolute atomic E-state index is 0.149. The molecule has 0 unspecified atom stereocenters. The molecule has 2 aromatic rings. The second-order valence-electron chi connectivity index (χ2n) is 12.5. The van der Waals surface area contributed by atoms with Crippen molar-refractivity contribution in [2.75, 3.05) is 17.9 Å². The van der Waals surface area contributed by atoms with Crippen LogP contribution in [0.2, 0.25) is 0 Å². The first kappa shape index (κ1) is 35.0. The van der Waals surface area contributed by atoms with Crippen molar-refractivity contribution in [1.29, 1.82) is 0 Å². The Hall–Kier alpha value is -3.44. The van der Waals surface area contributed by atoms with Gasteiger partial charge in [-0.3, -0.25) is 18.7 Å². The number of aliphatic carboxylic acids is 1. The highest BCUT2D eigenvalue weighted by molar-refractivity contribution is 7.92. The summed E-state index contributed by atoms with van der Waals surface area (Å²) in [7, 11) is -2.25. The van der Waals surface area contributed by atoms with E-state index >= 15 is 0 Å². The van der Waals surface area contributed by atoms with E-state index in [2.05, 4.69) is 10.6 Å². The first-order chi connectivity index (χ1) is 20.8. The van der Waals surface area contributed by atoms with Gasteiger partial charge in [-0.25, -0.2) is 8.42 Å². The maximum absolute atomic E-state index is 13.3. The lowest BCUT2D eigenvalue weighted by Gasteiger charge is -2.29. The van der Waals surface area contributed by atoms with Crippen LogP contribution in [0.4, 0.5) is 5.69 Å². The van der Waals surface area contributed by atoms with Crippen LogP contribution in [0.3, 0.4) is 0 Å². The lowest BCUT2D eigenvalue weighted by Crippen LogP contribution is -2.46. The van der Waals surface area contributed by atoms with Gasteiger partial charge >= 0.3 is 5.97 Å². The number of nitrogens with zero attached hydrogens (tertiary/aromatic N) is 1. The summed E-state index contributed by atoms with van der Waals surface area (Å²) >= 11 is 0. The topological polar surface area (TPSA) is 153 Å². The molecule has 0 heterocycles. The average Bonchev–Trinajstić information content (AvgIpc) is 2.99. The predicted octanol–water partition coefficient (Wildman–Crippen LogP) is 4.19. The normalized spacial score (nSPS) is 19.0. The van der Waals surface area contributed by atoms with E-state index in [1.807, 2.05) is 19.9 Å². The quantitative estimate of drug-likeness (QED) is 0.230. The van der Waals surface area contributed by atoms with Gasteiger partial charge in [-0.1, -0.05) is 57.2 Å². The van der Waals surface area contributed by atoms with Gasteiger partial charge < -0.3 is 20.8 Å². The summed E-state index contributed by atoms with van der Waals surface area (Å²) in [6.07, 6.45) is 2.39. The lowest BCUT2D eigenvalue weighted by atomic mass is 9.82. The maximum Gasteiger partial charge on any atom is 0.306 e. The molecule has 1 aliphatic carbocycles. The summed E-state index contributed by atoms with van der Waals surface area (Å²) < 4.78 is 27.2. The van der Waals surface area contributed by atoms with Gasteiger partial charge in [-0.15, -0.1) is 0 Å². The molecule has 3 atom stereocenters. The third kappa shape index (κ3) is 10.3. The second-order valence-corrected chi connectivity index (χ2v) is 14.5. The van der Waals surface area contributed by atoms with E-state index in [4.69, 9.17) is 0 Å². The van der Waals surface area contributed by atoms with Crippen molar-refractivity contribution in [2.24, 2.45) is 23.7 Å². The number of anilines is 1. The molecule has 1 saturated carbocycles. The van der Waals surface area contributed by atoms with Crippen LogP contribution in [0.25, 0.3) is 0 Å². The summed E-state index contributed by atoms with van der Waals surface area (Å²) in [5.74, 6) is -1.99. The molecule has 0 saturated heterocycles. The molecule has 3 rings (SSSR count). The van der Waals surface area contributed by atoms with Gasteiger partial charge in [0.25, 0.3) is 5.91 Å². The zero-order valence-corrected chi connectivity index (χ0v) is 26.9. The Labute approximate surface area is 261 Å². The van der Waals surface area contributed by atoms with E-state index < -0.39 is 40.0 Å². The Balaban J connectivity index is 1.59. The summed E-state index contributed by atoms with van der Waals surface area (Å²) in [6, 6.07) is 14.6. The Kier molecular flexibility index (Phi) is 12.8. The standard InChI is InChI=1S/C33H47N3O7S/c1-22(2)17-29(30(37)18-23(3)31(38)34-20-24-13-15-26(16-14-24)33(40)41)35-32(39)27-11-8-12-28(19-27)36(4)44(42,43)21-25-9-6-5-7-10-25/h5-12,19,22-24,26,29-30,37H,13-18,20-21H2,1-4H3,(H,34,38)(H,35,39)(H,40,41)/t23-,24?,26?,29+,30+/m1/s1. The number of carboxylic acid groups (broad SMARTS) is 1. The fourth-order valence-corrected chi connectivity index (χ4v) is 6.87. The van der Waals surface area contributed by atoms with E-state index in [9.17, 15) is 33.0 Å². The monoisotopic (exact) mass is 629 g/mol. The fraction of sp³-hybridized carbons (Fsp3) is 0.545. The number of carboxylic acids is 1. The second kappa shape index (κ2) is 16.0. The SMILES string of the molecule is CC(C)C[C@H](NC(=O)c1cccc(N(C)S(=O)(=O)Cc2ccccc2)c1)[C@@H](O)C[C@@H](C)C(=O)NCC1CCC(C(=O)O)CC1. The van der Waals surface area contributed by atoms with Gasteiger partial charge in [-0.2, -0.15) is 0 Å². The number of nitrogens with one attached hydrogen (secondary N) is 2. The van der Waals surface area contributed by atoms with Crippen LogP contribution in [0.15, 0.2) is 54.6 Å². The van der Waals surface area contributed by atoms with E-state index in [0.717, 1.165) is 17.1 Å². The molecular formula is C33H47N3O7S. The Morgan fingerprint density at radius 3 is 2.23 bits per heavy atom. The first-order valence-electron chi connectivity index (χ1n) is 15.4. The first-order valence-corrected chi connectivity index (χ1v) is 17.0. The molecule has 2 amide bonds. The van der Waals surface area contributed by atoms with Gasteiger partial charge in [0, 0.05) is 25.1 Å². The molecule has 0 bridgehead atoms. The van der Waals surface area contributed by atoms with Crippen molar-refractivity contribution in [2.45, 2.75) is 77.2 Å². The van der Waals surface area contributed by atoms with Crippen LogP contribution in [0, 0.1) is 23.7 Å². The molecule has 242 valence electrons. The van der Waals surface area contributed by atoms with Gasteiger partial charge in [0.15, 0.2) is 0 Å². The van der Waals surface area contributed by atoms with Gasteiger partial charge in [-0.05, 0) is 74.1 Å². The van der Waals surface area contributed by atoms with Crippen LogP contribution >= 0.6 is 0 Å². The van der Waals surface area contributed by atoms with Crippen LogP contribution in [-0.2, 0) is 25.4 Å². The zero-order chi connectivity index (χ0) is 32.4.